The lowest BCUT2D eigenvalue weighted by atomic mass is 10.00. The fourth-order valence-electron chi connectivity index (χ4n) is 1.64. The number of ketones is 1. The number of ether oxygens (including phenoxy) is 1. The normalized spacial score (nSPS) is 18.1. The lowest BCUT2D eigenvalue weighted by molar-refractivity contribution is 0.101. The number of aromatic hydroxyl groups is 1. The van der Waals surface area contributed by atoms with E-state index in [-0.39, 0.29) is 17.6 Å². The first kappa shape index (κ1) is 9.77. The van der Waals surface area contributed by atoms with Crippen LogP contribution in [0.3, 0.4) is 0 Å². The first-order valence-electron chi connectivity index (χ1n) is 4.80. The summed E-state index contributed by atoms with van der Waals surface area (Å²) in [6.45, 7) is 3.37. The molecule has 1 unspecified atom stereocenters. The Labute approximate surface area is 88.0 Å². The van der Waals surface area contributed by atoms with E-state index in [1.807, 2.05) is 19.1 Å². The van der Waals surface area contributed by atoms with E-state index in [0.717, 1.165) is 5.56 Å². The van der Waals surface area contributed by atoms with Gasteiger partial charge in [0, 0.05) is 17.2 Å². The van der Waals surface area contributed by atoms with E-state index in [2.05, 4.69) is 0 Å². The Kier molecular flexibility index (Phi) is 2.23. The van der Waals surface area contributed by atoms with E-state index in [1.54, 1.807) is 0 Å². The molecule has 3 heteroatoms. The Morgan fingerprint density at radius 3 is 2.87 bits per heavy atom. The van der Waals surface area contributed by atoms with Gasteiger partial charge in [0.15, 0.2) is 5.78 Å². The summed E-state index contributed by atoms with van der Waals surface area (Å²) in [5, 5.41) is 9.45. The summed E-state index contributed by atoms with van der Waals surface area (Å²) in [5.41, 5.74) is 1.24. The van der Waals surface area contributed by atoms with Gasteiger partial charge >= 0.3 is 0 Å². The summed E-state index contributed by atoms with van der Waals surface area (Å²) in [4.78, 5) is 11.4. The Hall–Kier alpha value is -1.77. The SMILES string of the molecule is CC(=O)c1cc(O)cc2c1C=CC(C)O2. The van der Waals surface area contributed by atoms with Gasteiger partial charge in [0.05, 0.1) is 0 Å². The second-order valence-electron chi connectivity index (χ2n) is 3.64. The van der Waals surface area contributed by atoms with E-state index >= 15 is 0 Å². The third-order valence-corrected chi connectivity index (χ3v) is 2.35. The zero-order chi connectivity index (χ0) is 11.0. The highest BCUT2D eigenvalue weighted by atomic mass is 16.5. The molecule has 0 amide bonds. The molecule has 1 aliphatic heterocycles. The van der Waals surface area contributed by atoms with Crippen LogP contribution in [0.2, 0.25) is 0 Å². The summed E-state index contributed by atoms with van der Waals surface area (Å²) in [5.74, 6) is 0.543. The van der Waals surface area contributed by atoms with Crippen LogP contribution in [-0.2, 0) is 0 Å². The van der Waals surface area contributed by atoms with Crippen molar-refractivity contribution in [3.63, 3.8) is 0 Å². The van der Waals surface area contributed by atoms with Gasteiger partial charge in [-0.3, -0.25) is 4.79 Å². The summed E-state index contributed by atoms with van der Waals surface area (Å²) in [6, 6.07) is 2.99. The zero-order valence-electron chi connectivity index (χ0n) is 8.65. The van der Waals surface area contributed by atoms with E-state index in [9.17, 15) is 9.90 Å². The minimum atomic E-state index is -0.0787. The highest BCUT2D eigenvalue weighted by Crippen LogP contribution is 2.33. The molecule has 0 fully saturated rings. The van der Waals surface area contributed by atoms with Gasteiger partial charge in [-0.2, -0.15) is 0 Å². The number of benzene rings is 1. The average Bonchev–Trinajstić information content (AvgIpc) is 2.15. The van der Waals surface area contributed by atoms with Gasteiger partial charge in [0.25, 0.3) is 0 Å². The Morgan fingerprint density at radius 1 is 1.47 bits per heavy atom. The number of hydrogen-bond donors (Lipinski definition) is 1. The van der Waals surface area contributed by atoms with Gasteiger partial charge in [-0.15, -0.1) is 0 Å². The maximum Gasteiger partial charge on any atom is 0.160 e. The molecule has 0 spiro atoms. The van der Waals surface area contributed by atoms with E-state index in [1.165, 1.54) is 19.1 Å². The van der Waals surface area contributed by atoms with E-state index < -0.39 is 0 Å². The third kappa shape index (κ3) is 1.73. The van der Waals surface area contributed by atoms with Gasteiger partial charge in [-0.25, -0.2) is 0 Å². The van der Waals surface area contributed by atoms with Crippen molar-refractivity contribution in [1.29, 1.82) is 0 Å². The largest absolute Gasteiger partial charge is 0.508 e. The number of phenolic OH excluding ortho intramolecular Hbond substituents is 1. The smallest absolute Gasteiger partial charge is 0.160 e. The highest BCUT2D eigenvalue weighted by molar-refractivity contribution is 5.99. The summed E-state index contributed by atoms with van der Waals surface area (Å²) < 4.78 is 5.50. The van der Waals surface area contributed by atoms with Gasteiger partial charge in [0.1, 0.15) is 17.6 Å². The molecule has 1 heterocycles. The van der Waals surface area contributed by atoms with Gasteiger partial charge in [-0.1, -0.05) is 6.08 Å². The molecule has 78 valence electrons. The van der Waals surface area contributed by atoms with Crippen molar-refractivity contribution < 1.29 is 14.6 Å². The number of fused-ring (bicyclic) bond motifs is 1. The maximum absolute atomic E-state index is 11.4. The third-order valence-electron chi connectivity index (χ3n) is 2.35. The highest BCUT2D eigenvalue weighted by Gasteiger charge is 2.17. The molecule has 2 rings (SSSR count). The van der Waals surface area contributed by atoms with Crippen LogP contribution < -0.4 is 4.74 Å². The molecular weight excluding hydrogens is 192 g/mol. The second kappa shape index (κ2) is 3.42. The van der Waals surface area contributed by atoms with Crippen LogP contribution in [0.1, 0.15) is 29.8 Å². The molecule has 1 aliphatic rings. The lowest BCUT2D eigenvalue weighted by Gasteiger charge is -2.20. The number of Topliss-reactive ketones (excluding diaryl/α,β-unsaturated/α-hetero) is 1. The van der Waals surface area contributed by atoms with Crippen molar-refractivity contribution in [2.75, 3.05) is 0 Å². The molecule has 1 atom stereocenters. The van der Waals surface area contributed by atoms with Crippen molar-refractivity contribution >= 4 is 11.9 Å². The quantitative estimate of drug-likeness (QED) is 0.714. The number of carbonyl (C=O) groups excluding carboxylic acids is 1. The monoisotopic (exact) mass is 204 g/mol. The van der Waals surface area contributed by atoms with Crippen LogP contribution in [-0.4, -0.2) is 17.0 Å². The standard InChI is InChI=1S/C12H12O3/c1-7-3-4-10-11(8(2)13)5-9(14)6-12(10)15-7/h3-7,14H,1-2H3. The molecule has 0 radical (unpaired) electrons. The molecule has 1 aromatic rings. The summed E-state index contributed by atoms with van der Waals surface area (Å²) in [7, 11) is 0. The molecule has 1 aromatic carbocycles. The molecule has 0 saturated heterocycles. The van der Waals surface area contributed by atoms with Crippen LogP contribution in [0.4, 0.5) is 0 Å². The molecule has 1 N–H and O–H groups in total. The van der Waals surface area contributed by atoms with Gasteiger partial charge in [0.2, 0.25) is 0 Å². The number of carbonyl (C=O) groups is 1. The predicted octanol–water partition coefficient (Wildman–Crippen LogP) is 2.39. The van der Waals surface area contributed by atoms with Crippen molar-refractivity contribution in [2.45, 2.75) is 20.0 Å². The molecule has 0 aliphatic carbocycles. The topological polar surface area (TPSA) is 46.5 Å². The van der Waals surface area contributed by atoms with Crippen LogP contribution in [0.25, 0.3) is 6.08 Å². The minimum Gasteiger partial charge on any atom is -0.508 e. The number of hydrogen-bond acceptors (Lipinski definition) is 3. The Bertz CT molecular complexity index is 446. The molecule has 3 nitrogen and oxygen atoms in total. The molecule has 15 heavy (non-hydrogen) atoms. The van der Waals surface area contributed by atoms with Crippen molar-refractivity contribution in [1.82, 2.24) is 0 Å². The van der Waals surface area contributed by atoms with Gasteiger partial charge in [-0.05, 0) is 26.0 Å². The van der Waals surface area contributed by atoms with E-state index in [0.29, 0.717) is 11.3 Å². The first-order valence-corrected chi connectivity index (χ1v) is 4.80. The molecular formula is C12H12O3. The van der Waals surface area contributed by atoms with Gasteiger partial charge < -0.3 is 9.84 Å². The number of rotatable bonds is 1. The fraction of sp³-hybridized carbons (Fsp3) is 0.250. The van der Waals surface area contributed by atoms with Crippen molar-refractivity contribution in [3.8, 4) is 11.5 Å². The van der Waals surface area contributed by atoms with Crippen LogP contribution >= 0.6 is 0 Å². The van der Waals surface area contributed by atoms with Crippen LogP contribution in [0, 0.1) is 0 Å². The minimum absolute atomic E-state index is 0.0286. The summed E-state index contributed by atoms with van der Waals surface area (Å²) >= 11 is 0. The Morgan fingerprint density at radius 2 is 2.20 bits per heavy atom. The fourth-order valence-corrected chi connectivity index (χ4v) is 1.64. The van der Waals surface area contributed by atoms with Crippen LogP contribution in [0.5, 0.6) is 11.5 Å². The predicted molar refractivity (Wildman–Crippen MR) is 57.2 cm³/mol. The van der Waals surface area contributed by atoms with Crippen molar-refractivity contribution in [3.05, 3.63) is 29.3 Å². The maximum atomic E-state index is 11.4. The van der Waals surface area contributed by atoms with E-state index in [4.69, 9.17) is 4.74 Å². The average molecular weight is 204 g/mol. The lowest BCUT2D eigenvalue weighted by Crippen LogP contribution is -2.13. The second-order valence-corrected chi connectivity index (χ2v) is 3.64. The zero-order valence-corrected chi connectivity index (χ0v) is 8.65. The molecule has 0 bridgehead atoms. The Balaban J connectivity index is 2.62. The molecule has 0 aromatic heterocycles. The van der Waals surface area contributed by atoms with Crippen molar-refractivity contribution in [2.24, 2.45) is 0 Å². The van der Waals surface area contributed by atoms with Crippen LogP contribution in [0.15, 0.2) is 18.2 Å². The first-order chi connectivity index (χ1) is 7.08. The summed E-state index contributed by atoms with van der Waals surface area (Å²) in [6.07, 6.45) is 3.71. The number of phenols is 1. The molecule has 0 saturated carbocycles.